The number of carbonyl (C=O) groups excluding carboxylic acids is 1. The van der Waals surface area contributed by atoms with Gasteiger partial charge in [-0.2, -0.15) is 0 Å². The Labute approximate surface area is 216 Å². The van der Waals surface area contributed by atoms with E-state index in [-0.39, 0.29) is 45.8 Å². The number of amides is 1. The molecule has 0 saturated heterocycles. The minimum absolute atomic E-state index is 0.0756. The molecule has 2 bridgehead atoms. The predicted molar refractivity (Wildman–Crippen MR) is 130 cm³/mol. The fourth-order valence-corrected chi connectivity index (χ4v) is 8.05. The second-order valence-electron chi connectivity index (χ2n) is 9.50. The zero-order chi connectivity index (χ0) is 26.5. The highest BCUT2D eigenvalue weighted by molar-refractivity contribution is 7.92. The fraction of sp³-hybridized carbons (Fsp3) is 0.308. The number of nitrogens with zero attached hydrogens (tertiary/aromatic N) is 1. The van der Waals surface area contributed by atoms with Gasteiger partial charge in [-0.3, -0.25) is 9.78 Å². The number of hydrogen-bond acceptors (Lipinski definition) is 5. The molecule has 5 rings (SSSR count). The van der Waals surface area contributed by atoms with E-state index in [9.17, 15) is 31.5 Å². The van der Waals surface area contributed by atoms with E-state index in [0.29, 0.717) is 30.7 Å². The maximum atomic E-state index is 13.7. The minimum Gasteiger partial charge on any atom is -0.383 e. The lowest BCUT2D eigenvalue weighted by molar-refractivity contribution is -0.0682. The van der Waals surface area contributed by atoms with Crippen LogP contribution in [0.3, 0.4) is 0 Å². The summed E-state index contributed by atoms with van der Waals surface area (Å²) in [6.45, 7) is 0. The summed E-state index contributed by atoms with van der Waals surface area (Å²) in [5, 5.41) is 12.9. The van der Waals surface area contributed by atoms with Crippen molar-refractivity contribution in [2.24, 2.45) is 11.8 Å². The number of rotatable bonds is 5. The van der Waals surface area contributed by atoms with E-state index in [2.05, 4.69) is 10.3 Å². The third kappa shape index (κ3) is 4.41. The minimum atomic E-state index is -4.01. The number of halogens is 4. The van der Waals surface area contributed by atoms with E-state index < -0.39 is 44.0 Å². The van der Waals surface area contributed by atoms with Gasteiger partial charge in [-0.1, -0.05) is 17.7 Å². The van der Waals surface area contributed by atoms with Gasteiger partial charge in [0.25, 0.3) is 5.91 Å². The number of anilines is 1. The molecule has 37 heavy (non-hydrogen) atoms. The summed E-state index contributed by atoms with van der Waals surface area (Å²) < 4.78 is 67.6. The van der Waals surface area contributed by atoms with Crippen molar-refractivity contribution in [2.75, 3.05) is 5.32 Å². The van der Waals surface area contributed by atoms with Crippen molar-refractivity contribution in [3.05, 3.63) is 88.5 Å². The molecule has 194 valence electrons. The Bertz CT molecular complexity index is 1450. The highest BCUT2D eigenvalue weighted by atomic mass is 35.5. The molecule has 2 N–H and O–H groups in total. The maximum absolute atomic E-state index is 13.7. The smallest absolute Gasteiger partial charge is 0.255 e. The number of hydrogen-bond donors (Lipinski definition) is 2. The van der Waals surface area contributed by atoms with Gasteiger partial charge in [-0.15, -0.1) is 0 Å². The van der Waals surface area contributed by atoms with Crippen molar-refractivity contribution >= 4 is 33.0 Å². The summed E-state index contributed by atoms with van der Waals surface area (Å²) in [6, 6.07) is 10.2. The lowest BCUT2D eigenvalue weighted by atomic mass is 9.72. The van der Waals surface area contributed by atoms with Crippen molar-refractivity contribution in [2.45, 2.75) is 41.4 Å². The Kier molecular flexibility index (Phi) is 6.54. The molecule has 6 nitrogen and oxygen atoms in total. The van der Waals surface area contributed by atoms with E-state index in [4.69, 9.17) is 11.6 Å². The summed E-state index contributed by atoms with van der Waals surface area (Å²) in [5.41, 5.74) is -1.13. The largest absolute Gasteiger partial charge is 0.383 e. The van der Waals surface area contributed by atoms with Crippen molar-refractivity contribution in [1.29, 1.82) is 0 Å². The molecular weight excluding hydrogens is 529 g/mol. The third-order valence-electron chi connectivity index (χ3n) is 7.46. The molecule has 2 aliphatic carbocycles. The zero-order valence-electron chi connectivity index (χ0n) is 19.3. The average Bonchev–Trinajstić information content (AvgIpc) is 3.04. The van der Waals surface area contributed by atoms with Crippen LogP contribution in [0, 0.1) is 29.3 Å². The molecule has 1 heterocycles. The molecule has 2 aromatic carbocycles. The monoisotopic (exact) mass is 550 g/mol. The Morgan fingerprint density at radius 1 is 1.03 bits per heavy atom. The zero-order valence-corrected chi connectivity index (χ0v) is 20.9. The molecule has 1 aromatic heterocycles. The Morgan fingerprint density at radius 2 is 1.68 bits per heavy atom. The summed E-state index contributed by atoms with van der Waals surface area (Å²) in [7, 11) is -4.01. The first-order valence-electron chi connectivity index (χ1n) is 11.6. The first-order chi connectivity index (χ1) is 17.5. The van der Waals surface area contributed by atoms with Crippen LogP contribution in [0.15, 0.2) is 59.6 Å². The Morgan fingerprint density at radius 3 is 2.27 bits per heavy atom. The lowest BCUT2D eigenvalue weighted by Crippen LogP contribution is -2.46. The third-order valence-corrected chi connectivity index (χ3v) is 10.1. The van der Waals surface area contributed by atoms with E-state index >= 15 is 0 Å². The molecule has 11 heteroatoms. The van der Waals surface area contributed by atoms with E-state index in [1.807, 2.05) is 0 Å². The number of aliphatic hydroxyl groups is 1. The SMILES string of the molecule is O=C(Nc1cc(F)c(F)c(F)c1)c1ccc(Cl)c(S(=O)(=O)C2CC3CC[C@@H](C2)C3(O)c2ccccn2)c1. The van der Waals surface area contributed by atoms with Gasteiger partial charge in [-0.25, -0.2) is 21.6 Å². The van der Waals surface area contributed by atoms with Gasteiger partial charge in [-0.05, 0) is 67.9 Å². The van der Waals surface area contributed by atoms with Crippen LogP contribution in [0.4, 0.5) is 18.9 Å². The summed E-state index contributed by atoms with van der Waals surface area (Å²) >= 11 is 6.25. The van der Waals surface area contributed by atoms with Gasteiger partial charge in [0, 0.05) is 29.6 Å². The number of nitrogens with one attached hydrogen (secondary N) is 1. The number of fused-ring (bicyclic) bond motifs is 2. The predicted octanol–water partition coefficient (Wildman–Crippen LogP) is 5.25. The normalized spacial score (nSPS) is 25.2. The lowest BCUT2D eigenvalue weighted by Gasteiger charge is -2.42. The van der Waals surface area contributed by atoms with Gasteiger partial charge in [0.05, 0.1) is 20.9 Å². The van der Waals surface area contributed by atoms with Crippen molar-refractivity contribution in [3.8, 4) is 0 Å². The molecule has 2 saturated carbocycles. The van der Waals surface area contributed by atoms with E-state index in [0.717, 1.165) is 6.07 Å². The molecule has 3 aromatic rings. The van der Waals surface area contributed by atoms with Crippen molar-refractivity contribution < 1.29 is 31.5 Å². The van der Waals surface area contributed by atoms with Crippen LogP contribution in [0.2, 0.25) is 5.02 Å². The standard InChI is InChI=1S/C26H22ClF3N2O4S/c27-19-7-4-14(25(33)32-17-12-20(28)24(30)21(29)13-17)9-22(19)37(35,36)18-10-15-5-6-16(11-18)26(15,34)23-3-1-2-8-31-23/h1-4,7-9,12-13,15-16,18,34H,5-6,10-11H2,(H,32,33)/t15-,16?,18?,26?/m0/s1. The molecule has 0 radical (unpaired) electrons. The van der Waals surface area contributed by atoms with Crippen LogP contribution < -0.4 is 5.32 Å². The van der Waals surface area contributed by atoms with E-state index in [1.54, 1.807) is 24.4 Å². The van der Waals surface area contributed by atoms with Gasteiger partial charge < -0.3 is 10.4 Å². The molecule has 4 atom stereocenters. The number of benzene rings is 2. The maximum Gasteiger partial charge on any atom is 0.255 e. The van der Waals surface area contributed by atoms with Crippen LogP contribution in [0.1, 0.15) is 41.7 Å². The summed E-state index contributed by atoms with van der Waals surface area (Å²) in [5.74, 6) is -6.11. The van der Waals surface area contributed by atoms with Gasteiger partial charge >= 0.3 is 0 Å². The molecule has 0 aliphatic heterocycles. The Hall–Kier alpha value is -2.95. The molecule has 0 spiro atoms. The molecule has 1 amide bonds. The number of carbonyl (C=O) groups is 1. The van der Waals surface area contributed by atoms with Gasteiger partial charge in [0.15, 0.2) is 27.3 Å². The highest BCUT2D eigenvalue weighted by Gasteiger charge is 2.57. The second-order valence-corrected chi connectivity index (χ2v) is 12.1. The topological polar surface area (TPSA) is 96.4 Å². The summed E-state index contributed by atoms with van der Waals surface area (Å²) in [4.78, 5) is 16.8. The number of aromatic nitrogens is 1. The molecule has 2 aliphatic rings. The molecular formula is C26H22ClF3N2O4S. The van der Waals surface area contributed by atoms with Crippen LogP contribution in [0.5, 0.6) is 0 Å². The number of sulfone groups is 1. The molecule has 2 fully saturated rings. The van der Waals surface area contributed by atoms with E-state index in [1.165, 1.54) is 12.1 Å². The van der Waals surface area contributed by atoms with Crippen molar-refractivity contribution in [3.63, 3.8) is 0 Å². The van der Waals surface area contributed by atoms with Crippen LogP contribution in [-0.2, 0) is 15.4 Å². The van der Waals surface area contributed by atoms with Gasteiger partial charge in [0.2, 0.25) is 0 Å². The van der Waals surface area contributed by atoms with Crippen LogP contribution in [0.25, 0.3) is 0 Å². The number of pyridine rings is 1. The highest BCUT2D eigenvalue weighted by Crippen LogP contribution is 2.56. The first kappa shape index (κ1) is 25.7. The van der Waals surface area contributed by atoms with Crippen LogP contribution in [-0.4, -0.2) is 29.7 Å². The molecule has 3 unspecified atom stereocenters. The van der Waals surface area contributed by atoms with Crippen molar-refractivity contribution in [1.82, 2.24) is 4.98 Å². The second kappa shape index (κ2) is 9.41. The summed E-state index contributed by atoms with van der Waals surface area (Å²) in [6.07, 6.45) is 3.32. The quantitative estimate of drug-likeness (QED) is 0.423. The average molecular weight is 551 g/mol. The first-order valence-corrected chi connectivity index (χ1v) is 13.6. The van der Waals surface area contributed by atoms with Gasteiger partial charge in [0.1, 0.15) is 5.60 Å². The Balaban J connectivity index is 1.41. The van der Waals surface area contributed by atoms with Crippen LogP contribution >= 0.6 is 11.6 Å². The fourth-order valence-electron chi connectivity index (χ4n) is 5.65.